The van der Waals surface area contributed by atoms with Gasteiger partial charge in [0.15, 0.2) is 0 Å². The normalized spacial score (nSPS) is 12.4. The number of ether oxygens (including phenoxy) is 2. The van der Waals surface area contributed by atoms with E-state index in [0.29, 0.717) is 0 Å². The molecule has 0 radical (unpaired) electrons. The highest BCUT2D eigenvalue weighted by atomic mass is 35.5. The third-order valence-corrected chi connectivity index (χ3v) is 2.31. The van der Waals surface area contributed by atoms with E-state index in [2.05, 4.69) is 9.47 Å². The fourth-order valence-corrected chi connectivity index (χ4v) is 1.48. The Hall–Kier alpha value is -1.40. The predicted molar refractivity (Wildman–Crippen MR) is 57.0 cm³/mol. The molecule has 1 aromatic rings. The van der Waals surface area contributed by atoms with Crippen LogP contribution in [0, 0.1) is 0 Å². The van der Waals surface area contributed by atoms with E-state index < -0.39 is 18.6 Å². The van der Waals surface area contributed by atoms with E-state index in [-0.39, 0.29) is 16.3 Å². The van der Waals surface area contributed by atoms with Crippen LogP contribution in [0.1, 0.15) is 11.6 Å². The fourth-order valence-electron chi connectivity index (χ4n) is 1.19. The largest absolute Gasteiger partial charge is 0.468 e. The zero-order chi connectivity index (χ0) is 13.0. The first-order chi connectivity index (χ1) is 7.95. The highest BCUT2D eigenvalue weighted by Crippen LogP contribution is 2.27. The average molecular weight is 266 g/mol. The maximum absolute atomic E-state index is 11.9. The molecule has 1 unspecified atom stereocenters. The molecule has 0 fully saturated rings. The first kappa shape index (κ1) is 13.7. The SMILES string of the molecule is COC(=O)C(N)c1ccc(OC(F)F)cc1Cl. The lowest BCUT2D eigenvalue weighted by Crippen LogP contribution is -2.22. The molecule has 4 nitrogen and oxygen atoms in total. The van der Waals surface area contributed by atoms with Gasteiger partial charge in [0.25, 0.3) is 0 Å². The Balaban J connectivity index is 2.93. The van der Waals surface area contributed by atoms with Crippen LogP contribution in [0.4, 0.5) is 8.78 Å². The number of halogens is 3. The van der Waals surface area contributed by atoms with Crippen molar-refractivity contribution in [3.05, 3.63) is 28.8 Å². The van der Waals surface area contributed by atoms with E-state index in [1.807, 2.05) is 0 Å². The summed E-state index contributed by atoms with van der Waals surface area (Å²) >= 11 is 5.80. The molecule has 1 aromatic carbocycles. The summed E-state index contributed by atoms with van der Waals surface area (Å²) in [5, 5.41) is 0.0565. The molecule has 0 bridgehead atoms. The van der Waals surface area contributed by atoms with E-state index in [0.717, 1.165) is 6.07 Å². The van der Waals surface area contributed by atoms with Crippen molar-refractivity contribution in [1.82, 2.24) is 0 Å². The number of benzene rings is 1. The molecule has 7 heteroatoms. The number of nitrogens with two attached hydrogens (primary N) is 1. The molecule has 0 aliphatic rings. The van der Waals surface area contributed by atoms with Gasteiger partial charge in [-0.1, -0.05) is 17.7 Å². The van der Waals surface area contributed by atoms with Crippen LogP contribution in [0.3, 0.4) is 0 Å². The lowest BCUT2D eigenvalue weighted by atomic mass is 10.1. The molecule has 1 rings (SSSR count). The molecular weight excluding hydrogens is 256 g/mol. The summed E-state index contributed by atoms with van der Waals surface area (Å²) in [5.41, 5.74) is 5.83. The summed E-state index contributed by atoms with van der Waals surface area (Å²) in [6.07, 6.45) is 0. The Morgan fingerprint density at radius 3 is 2.59 bits per heavy atom. The molecule has 94 valence electrons. The van der Waals surface area contributed by atoms with E-state index in [1.165, 1.54) is 19.2 Å². The van der Waals surface area contributed by atoms with Crippen LogP contribution in [0.15, 0.2) is 18.2 Å². The zero-order valence-electron chi connectivity index (χ0n) is 8.82. The maximum atomic E-state index is 11.9. The lowest BCUT2D eigenvalue weighted by molar-refractivity contribution is -0.142. The van der Waals surface area contributed by atoms with E-state index in [4.69, 9.17) is 17.3 Å². The Morgan fingerprint density at radius 2 is 2.12 bits per heavy atom. The fraction of sp³-hybridized carbons (Fsp3) is 0.300. The van der Waals surface area contributed by atoms with Crippen LogP contribution in [0.2, 0.25) is 5.02 Å². The van der Waals surface area contributed by atoms with Crippen molar-refractivity contribution in [2.24, 2.45) is 5.73 Å². The molecule has 1 atom stereocenters. The molecule has 0 aliphatic heterocycles. The molecule has 0 saturated heterocycles. The number of hydrogen-bond donors (Lipinski definition) is 1. The maximum Gasteiger partial charge on any atom is 0.387 e. The smallest absolute Gasteiger partial charge is 0.387 e. The van der Waals surface area contributed by atoms with Crippen LogP contribution >= 0.6 is 11.6 Å². The van der Waals surface area contributed by atoms with Gasteiger partial charge in [0.2, 0.25) is 0 Å². The number of rotatable bonds is 4. The monoisotopic (exact) mass is 265 g/mol. The summed E-state index contributed by atoms with van der Waals surface area (Å²) in [4.78, 5) is 11.2. The Bertz CT molecular complexity index is 415. The summed E-state index contributed by atoms with van der Waals surface area (Å²) in [7, 11) is 1.18. The summed E-state index contributed by atoms with van der Waals surface area (Å²) < 4.78 is 32.4. The van der Waals surface area contributed by atoms with Crippen LogP contribution in [0.25, 0.3) is 0 Å². The van der Waals surface area contributed by atoms with Crippen molar-refractivity contribution in [3.63, 3.8) is 0 Å². The topological polar surface area (TPSA) is 61.5 Å². The van der Waals surface area contributed by atoms with Crippen molar-refractivity contribution in [1.29, 1.82) is 0 Å². The third-order valence-electron chi connectivity index (χ3n) is 1.99. The summed E-state index contributed by atoms with van der Waals surface area (Å²) in [6.45, 7) is -2.94. The molecule has 0 spiro atoms. The van der Waals surface area contributed by atoms with Gasteiger partial charge in [-0.2, -0.15) is 8.78 Å². The van der Waals surface area contributed by atoms with Gasteiger partial charge in [-0.15, -0.1) is 0 Å². The van der Waals surface area contributed by atoms with Crippen LogP contribution < -0.4 is 10.5 Å². The third kappa shape index (κ3) is 3.54. The minimum absolute atomic E-state index is 0.0565. The second-order valence-electron chi connectivity index (χ2n) is 3.06. The molecule has 0 saturated carbocycles. The average Bonchev–Trinajstić information content (AvgIpc) is 2.26. The van der Waals surface area contributed by atoms with Crippen molar-refractivity contribution in [2.45, 2.75) is 12.7 Å². The molecule has 17 heavy (non-hydrogen) atoms. The van der Waals surface area contributed by atoms with Gasteiger partial charge >= 0.3 is 12.6 Å². The number of methoxy groups -OCH3 is 1. The Labute approximate surface area is 101 Å². The van der Waals surface area contributed by atoms with Crippen LogP contribution in [-0.4, -0.2) is 19.7 Å². The second-order valence-corrected chi connectivity index (χ2v) is 3.47. The predicted octanol–water partition coefficient (Wildman–Crippen LogP) is 2.11. The first-order valence-corrected chi connectivity index (χ1v) is 4.91. The lowest BCUT2D eigenvalue weighted by Gasteiger charge is -2.12. The molecule has 0 aliphatic carbocycles. The van der Waals surface area contributed by atoms with Gasteiger partial charge in [-0.25, -0.2) is 0 Å². The Morgan fingerprint density at radius 1 is 1.47 bits per heavy atom. The van der Waals surface area contributed by atoms with Crippen molar-refractivity contribution in [3.8, 4) is 5.75 Å². The van der Waals surface area contributed by atoms with Gasteiger partial charge in [0.1, 0.15) is 11.8 Å². The Kier molecular flexibility index (Phi) is 4.65. The number of hydrogen-bond acceptors (Lipinski definition) is 4. The highest BCUT2D eigenvalue weighted by molar-refractivity contribution is 6.31. The van der Waals surface area contributed by atoms with E-state index in [9.17, 15) is 13.6 Å². The van der Waals surface area contributed by atoms with Crippen LogP contribution in [-0.2, 0) is 9.53 Å². The van der Waals surface area contributed by atoms with Gasteiger partial charge in [-0.05, 0) is 17.7 Å². The molecule has 0 amide bonds. The number of carbonyl (C=O) groups is 1. The quantitative estimate of drug-likeness (QED) is 0.847. The van der Waals surface area contributed by atoms with Gasteiger partial charge in [0, 0.05) is 5.02 Å². The molecular formula is C10H10ClF2NO3. The molecule has 0 aromatic heterocycles. The van der Waals surface area contributed by atoms with E-state index in [1.54, 1.807) is 0 Å². The van der Waals surface area contributed by atoms with E-state index >= 15 is 0 Å². The van der Waals surface area contributed by atoms with Crippen LogP contribution in [0.5, 0.6) is 5.75 Å². The zero-order valence-corrected chi connectivity index (χ0v) is 9.58. The first-order valence-electron chi connectivity index (χ1n) is 4.53. The minimum Gasteiger partial charge on any atom is -0.468 e. The minimum atomic E-state index is -2.94. The molecule has 2 N–H and O–H groups in total. The number of alkyl halides is 2. The second kappa shape index (κ2) is 5.79. The van der Waals surface area contributed by atoms with Crippen molar-refractivity contribution in [2.75, 3.05) is 7.11 Å². The number of esters is 1. The van der Waals surface area contributed by atoms with Gasteiger partial charge in [-0.3, -0.25) is 4.79 Å². The molecule has 0 heterocycles. The van der Waals surface area contributed by atoms with Gasteiger partial charge in [0.05, 0.1) is 7.11 Å². The highest BCUT2D eigenvalue weighted by Gasteiger charge is 2.19. The summed E-state index contributed by atoms with van der Waals surface area (Å²) in [6, 6.07) is 2.68. The number of carbonyl (C=O) groups excluding carboxylic acids is 1. The van der Waals surface area contributed by atoms with Gasteiger partial charge < -0.3 is 15.2 Å². The standard InChI is InChI=1S/C10H10ClF2NO3/c1-16-9(15)8(14)6-3-2-5(4-7(6)11)17-10(12)13/h2-4,8,10H,14H2,1H3. The van der Waals surface area contributed by atoms with Crippen molar-refractivity contribution >= 4 is 17.6 Å². The van der Waals surface area contributed by atoms with Crippen molar-refractivity contribution < 1.29 is 23.0 Å². The summed E-state index contributed by atoms with van der Waals surface area (Å²) in [5.74, 6) is -0.778.